The average Bonchev–Trinajstić information content (AvgIpc) is 2.75. The summed E-state index contributed by atoms with van der Waals surface area (Å²) in [5, 5.41) is 14.2. The van der Waals surface area contributed by atoms with Gasteiger partial charge in [-0.15, -0.1) is 10.2 Å². The third kappa shape index (κ3) is 4.42. The summed E-state index contributed by atoms with van der Waals surface area (Å²) >= 11 is 1.71. The molecular weight excluding hydrogens is 256 g/mol. The molecule has 4 nitrogen and oxygen atoms in total. The Balaban J connectivity index is 1.87. The minimum absolute atomic E-state index is 0.475. The number of anilines is 1. The summed E-state index contributed by atoms with van der Waals surface area (Å²) in [6, 6.07) is 0.475. The number of likely N-dealkylation sites (tertiary alicyclic amines) is 1. The van der Waals surface area contributed by atoms with E-state index in [4.69, 9.17) is 0 Å². The molecule has 0 amide bonds. The first-order valence-corrected chi connectivity index (χ1v) is 8.13. The molecule has 1 aromatic heterocycles. The molecule has 1 aliphatic rings. The highest BCUT2D eigenvalue weighted by atomic mass is 32.1. The Labute approximate surface area is 120 Å². The minimum Gasteiger partial charge on any atom is -0.357 e. The van der Waals surface area contributed by atoms with Gasteiger partial charge in [0.25, 0.3) is 0 Å². The molecule has 19 heavy (non-hydrogen) atoms. The standard InChI is InChI=1S/C14H26N4S/c1-10(2)8-13-16-17-14(19-13)15-11(3)12-6-5-7-18(4)9-12/h10-12H,5-9H2,1-4H3,(H,15,17). The molecule has 2 rings (SSSR count). The van der Waals surface area contributed by atoms with Gasteiger partial charge in [0.1, 0.15) is 5.01 Å². The van der Waals surface area contributed by atoms with Crippen LogP contribution in [0.15, 0.2) is 0 Å². The molecule has 2 unspecified atom stereocenters. The number of piperidine rings is 1. The smallest absolute Gasteiger partial charge is 0.205 e. The first-order chi connectivity index (χ1) is 9.04. The number of nitrogens with zero attached hydrogens (tertiary/aromatic N) is 3. The quantitative estimate of drug-likeness (QED) is 0.901. The van der Waals surface area contributed by atoms with E-state index in [0.717, 1.165) is 22.5 Å². The summed E-state index contributed by atoms with van der Waals surface area (Å²) < 4.78 is 0. The van der Waals surface area contributed by atoms with Crippen molar-refractivity contribution in [1.82, 2.24) is 15.1 Å². The van der Waals surface area contributed by atoms with Crippen LogP contribution in [0, 0.1) is 11.8 Å². The van der Waals surface area contributed by atoms with E-state index in [1.807, 2.05) is 0 Å². The van der Waals surface area contributed by atoms with Crippen LogP contribution >= 0.6 is 11.3 Å². The largest absolute Gasteiger partial charge is 0.357 e. The van der Waals surface area contributed by atoms with Gasteiger partial charge in [-0.05, 0) is 45.2 Å². The predicted molar refractivity (Wildman–Crippen MR) is 81.8 cm³/mol. The molecule has 0 aromatic carbocycles. The first kappa shape index (κ1) is 14.7. The lowest BCUT2D eigenvalue weighted by Crippen LogP contribution is -2.39. The van der Waals surface area contributed by atoms with Crippen LogP contribution in [0.4, 0.5) is 5.13 Å². The maximum atomic E-state index is 4.27. The normalized spacial score (nSPS) is 22.7. The topological polar surface area (TPSA) is 41.1 Å². The van der Waals surface area contributed by atoms with E-state index in [-0.39, 0.29) is 0 Å². The monoisotopic (exact) mass is 282 g/mol. The molecule has 2 heterocycles. The van der Waals surface area contributed by atoms with Crippen molar-refractivity contribution in [1.29, 1.82) is 0 Å². The van der Waals surface area contributed by atoms with Crippen LogP contribution in [0.25, 0.3) is 0 Å². The van der Waals surface area contributed by atoms with E-state index in [1.54, 1.807) is 11.3 Å². The average molecular weight is 282 g/mol. The summed E-state index contributed by atoms with van der Waals surface area (Å²) in [7, 11) is 2.21. The second-order valence-corrected chi connectivity index (χ2v) is 7.26. The van der Waals surface area contributed by atoms with Crippen LogP contribution in [0.3, 0.4) is 0 Å². The van der Waals surface area contributed by atoms with Crippen LogP contribution in [0.5, 0.6) is 0 Å². The van der Waals surface area contributed by atoms with Gasteiger partial charge in [0, 0.05) is 19.0 Å². The van der Waals surface area contributed by atoms with Crippen molar-refractivity contribution in [3.05, 3.63) is 5.01 Å². The number of rotatable bonds is 5. The van der Waals surface area contributed by atoms with Crippen molar-refractivity contribution in [2.24, 2.45) is 11.8 Å². The molecule has 1 N–H and O–H groups in total. The van der Waals surface area contributed by atoms with E-state index >= 15 is 0 Å². The van der Waals surface area contributed by atoms with Gasteiger partial charge in [-0.3, -0.25) is 0 Å². The SMILES string of the molecule is CC(C)Cc1nnc(NC(C)C2CCCN(C)C2)s1. The van der Waals surface area contributed by atoms with Crippen molar-refractivity contribution >= 4 is 16.5 Å². The maximum absolute atomic E-state index is 4.27. The first-order valence-electron chi connectivity index (χ1n) is 7.32. The fourth-order valence-corrected chi connectivity index (χ4v) is 3.72. The molecular formula is C14H26N4S. The summed E-state index contributed by atoms with van der Waals surface area (Å²) in [6.07, 6.45) is 3.65. The Kier molecular flexibility index (Phi) is 5.16. The fourth-order valence-electron chi connectivity index (χ4n) is 2.67. The molecule has 5 heteroatoms. The fraction of sp³-hybridized carbons (Fsp3) is 0.857. The van der Waals surface area contributed by atoms with Crippen LogP contribution in [0.2, 0.25) is 0 Å². The Bertz CT molecular complexity index is 391. The maximum Gasteiger partial charge on any atom is 0.205 e. The van der Waals surface area contributed by atoms with Gasteiger partial charge in [-0.2, -0.15) is 0 Å². The van der Waals surface area contributed by atoms with Gasteiger partial charge >= 0.3 is 0 Å². The highest BCUT2D eigenvalue weighted by Gasteiger charge is 2.23. The van der Waals surface area contributed by atoms with Crippen molar-refractivity contribution < 1.29 is 0 Å². The van der Waals surface area contributed by atoms with Crippen LogP contribution in [-0.4, -0.2) is 41.3 Å². The zero-order valence-electron chi connectivity index (χ0n) is 12.5. The Morgan fingerprint density at radius 1 is 1.37 bits per heavy atom. The van der Waals surface area contributed by atoms with E-state index in [1.165, 1.54) is 25.9 Å². The predicted octanol–water partition coefficient (Wildman–Crippen LogP) is 2.88. The number of hydrogen-bond donors (Lipinski definition) is 1. The second kappa shape index (κ2) is 6.66. The summed E-state index contributed by atoms with van der Waals surface area (Å²) in [4.78, 5) is 2.43. The number of aromatic nitrogens is 2. The lowest BCUT2D eigenvalue weighted by molar-refractivity contribution is 0.197. The third-order valence-corrected chi connectivity index (χ3v) is 4.65. The molecule has 1 saturated heterocycles. The molecule has 0 aliphatic carbocycles. The Hall–Kier alpha value is -0.680. The van der Waals surface area contributed by atoms with E-state index < -0.39 is 0 Å². The summed E-state index contributed by atoms with van der Waals surface area (Å²) in [5.74, 6) is 1.36. The Morgan fingerprint density at radius 3 is 2.84 bits per heavy atom. The van der Waals surface area contributed by atoms with Gasteiger partial charge in [0.05, 0.1) is 0 Å². The third-order valence-electron chi connectivity index (χ3n) is 3.77. The molecule has 0 spiro atoms. The van der Waals surface area contributed by atoms with Gasteiger partial charge in [-0.25, -0.2) is 0 Å². The van der Waals surface area contributed by atoms with Crippen LogP contribution in [0.1, 0.15) is 38.6 Å². The van der Waals surface area contributed by atoms with Gasteiger partial charge < -0.3 is 10.2 Å². The minimum atomic E-state index is 0.475. The molecule has 1 aliphatic heterocycles. The molecule has 2 atom stereocenters. The van der Waals surface area contributed by atoms with E-state index in [9.17, 15) is 0 Å². The number of nitrogens with one attached hydrogen (secondary N) is 1. The molecule has 0 bridgehead atoms. The van der Waals surface area contributed by atoms with Crippen LogP contribution < -0.4 is 5.32 Å². The lowest BCUT2D eigenvalue weighted by Gasteiger charge is -2.33. The van der Waals surface area contributed by atoms with Crippen molar-refractivity contribution in [3.8, 4) is 0 Å². The molecule has 108 valence electrons. The van der Waals surface area contributed by atoms with Crippen molar-refractivity contribution in [2.45, 2.75) is 46.1 Å². The van der Waals surface area contributed by atoms with E-state index in [0.29, 0.717) is 12.0 Å². The molecule has 0 radical (unpaired) electrons. The van der Waals surface area contributed by atoms with Crippen molar-refractivity contribution in [2.75, 3.05) is 25.5 Å². The summed E-state index contributed by atoms with van der Waals surface area (Å²) in [6.45, 7) is 9.13. The lowest BCUT2D eigenvalue weighted by atomic mass is 9.92. The van der Waals surface area contributed by atoms with Gasteiger partial charge in [0.15, 0.2) is 0 Å². The van der Waals surface area contributed by atoms with Gasteiger partial charge in [-0.1, -0.05) is 25.2 Å². The highest BCUT2D eigenvalue weighted by Crippen LogP contribution is 2.24. The Morgan fingerprint density at radius 2 is 2.16 bits per heavy atom. The molecule has 0 saturated carbocycles. The molecule has 1 aromatic rings. The van der Waals surface area contributed by atoms with Crippen molar-refractivity contribution in [3.63, 3.8) is 0 Å². The summed E-state index contributed by atoms with van der Waals surface area (Å²) in [5.41, 5.74) is 0. The number of hydrogen-bond acceptors (Lipinski definition) is 5. The van der Waals surface area contributed by atoms with Crippen LogP contribution in [-0.2, 0) is 6.42 Å². The van der Waals surface area contributed by atoms with Gasteiger partial charge in [0.2, 0.25) is 5.13 Å². The molecule has 1 fully saturated rings. The van der Waals surface area contributed by atoms with E-state index in [2.05, 4.69) is 48.2 Å². The zero-order valence-corrected chi connectivity index (χ0v) is 13.3. The zero-order chi connectivity index (χ0) is 13.8. The second-order valence-electron chi connectivity index (χ2n) is 6.20. The highest BCUT2D eigenvalue weighted by molar-refractivity contribution is 7.15.